The number of halogens is 1. The minimum Gasteiger partial charge on any atom is -0.308 e. The summed E-state index contributed by atoms with van der Waals surface area (Å²) in [7, 11) is 0. The Morgan fingerprint density at radius 3 is 2.90 bits per heavy atom. The molecule has 6 heteroatoms. The third-order valence-corrected chi connectivity index (χ3v) is 3.51. The molecule has 0 amide bonds. The Morgan fingerprint density at radius 2 is 2.14 bits per heavy atom. The van der Waals surface area contributed by atoms with Gasteiger partial charge in [-0.3, -0.25) is 9.50 Å². The van der Waals surface area contributed by atoms with E-state index in [2.05, 4.69) is 41.3 Å². The third-order valence-electron chi connectivity index (χ3n) is 3.25. The summed E-state index contributed by atoms with van der Waals surface area (Å²) < 4.78 is 1.97. The predicted octanol–water partition coefficient (Wildman–Crippen LogP) is 3.27. The van der Waals surface area contributed by atoms with Crippen LogP contribution in [0.4, 0.5) is 0 Å². The van der Waals surface area contributed by atoms with Crippen molar-refractivity contribution in [1.82, 2.24) is 24.9 Å². The summed E-state index contributed by atoms with van der Waals surface area (Å²) in [6, 6.07) is 5.83. The SMILES string of the molecule is CC(C)(C)NCc1cn[nH]c1-c1c(Cl)nc2ccccn12. The minimum absolute atomic E-state index is 0.0395. The first-order valence-electron chi connectivity index (χ1n) is 6.86. The summed E-state index contributed by atoms with van der Waals surface area (Å²) >= 11 is 6.32. The van der Waals surface area contributed by atoms with Gasteiger partial charge in [0.25, 0.3) is 0 Å². The zero-order valence-electron chi connectivity index (χ0n) is 12.3. The molecule has 3 aromatic heterocycles. The van der Waals surface area contributed by atoms with Crippen LogP contribution in [0.25, 0.3) is 17.0 Å². The van der Waals surface area contributed by atoms with Crippen LogP contribution in [0.5, 0.6) is 0 Å². The molecule has 0 saturated heterocycles. The highest BCUT2D eigenvalue weighted by molar-refractivity contribution is 6.32. The molecule has 110 valence electrons. The van der Waals surface area contributed by atoms with Crippen molar-refractivity contribution in [3.05, 3.63) is 41.3 Å². The van der Waals surface area contributed by atoms with E-state index in [1.165, 1.54) is 0 Å². The van der Waals surface area contributed by atoms with Gasteiger partial charge in [-0.25, -0.2) is 4.98 Å². The van der Waals surface area contributed by atoms with E-state index >= 15 is 0 Å². The Labute approximate surface area is 128 Å². The summed E-state index contributed by atoms with van der Waals surface area (Å²) in [4.78, 5) is 4.38. The van der Waals surface area contributed by atoms with E-state index in [-0.39, 0.29) is 5.54 Å². The molecule has 3 rings (SSSR count). The van der Waals surface area contributed by atoms with Crippen LogP contribution in [-0.4, -0.2) is 25.1 Å². The number of hydrogen-bond acceptors (Lipinski definition) is 3. The highest BCUT2D eigenvalue weighted by atomic mass is 35.5. The maximum absolute atomic E-state index is 6.32. The van der Waals surface area contributed by atoms with Crippen LogP contribution >= 0.6 is 11.6 Å². The molecule has 3 heterocycles. The van der Waals surface area contributed by atoms with Crippen LogP contribution in [-0.2, 0) is 6.54 Å². The van der Waals surface area contributed by atoms with Gasteiger partial charge in [-0.05, 0) is 32.9 Å². The first kappa shape index (κ1) is 14.1. The molecule has 0 atom stereocenters. The second kappa shape index (κ2) is 5.16. The first-order valence-corrected chi connectivity index (χ1v) is 7.24. The first-order chi connectivity index (χ1) is 9.96. The van der Waals surface area contributed by atoms with Gasteiger partial charge in [-0.2, -0.15) is 5.10 Å². The molecule has 2 N–H and O–H groups in total. The number of nitrogens with zero attached hydrogens (tertiary/aromatic N) is 3. The molecule has 0 unspecified atom stereocenters. The van der Waals surface area contributed by atoms with E-state index in [9.17, 15) is 0 Å². The summed E-state index contributed by atoms with van der Waals surface area (Å²) in [6.07, 6.45) is 3.78. The molecule has 0 fully saturated rings. The molecule has 21 heavy (non-hydrogen) atoms. The molecule has 0 saturated carbocycles. The molecule has 0 aliphatic carbocycles. The zero-order chi connectivity index (χ0) is 15.0. The summed E-state index contributed by atoms with van der Waals surface area (Å²) in [5, 5.41) is 11.1. The number of rotatable bonds is 3. The van der Waals surface area contributed by atoms with Gasteiger partial charge in [0.1, 0.15) is 11.3 Å². The van der Waals surface area contributed by atoms with Crippen LogP contribution < -0.4 is 5.32 Å². The van der Waals surface area contributed by atoms with Crippen molar-refractivity contribution in [3.63, 3.8) is 0 Å². The largest absolute Gasteiger partial charge is 0.308 e. The summed E-state index contributed by atoms with van der Waals surface area (Å²) in [5.41, 5.74) is 3.67. The fourth-order valence-corrected chi connectivity index (χ4v) is 2.47. The number of hydrogen-bond donors (Lipinski definition) is 2. The maximum atomic E-state index is 6.32. The number of aromatic amines is 1. The van der Waals surface area contributed by atoms with Crippen LogP contribution in [0.3, 0.4) is 0 Å². The van der Waals surface area contributed by atoms with Crippen molar-refractivity contribution in [2.75, 3.05) is 0 Å². The van der Waals surface area contributed by atoms with Gasteiger partial charge in [0.15, 0.2) is 5.15 Å². The summed E-state index contributed by atoms with van der Waals surface area (Å²) in [5.74, 6) is 0. The molecular weight excluding hydrogens is 286 g/mol. The highest BCUT2D eigenvalue weighted by Gasteiger charge is 2.18. The van der Waals surface area contributed by atoms with Gasteiger partial charge in [0.05, 0.1) is 11.9 Å². The van der Waals surface area contributed by atoms with E-state index in [0.717, 1.165) is 22.6 Å². The zero-order valence-corrected chi connectivity index (χ0v) is 13.1. The van der Waals surface area contributed by atoms with Crippen LogP contribution in [0, 0.1) is 0 Å². The topological polar surface area (TPSA) is 58.0 Å². The van der Waals surface area contributed by atoms with Crippen LogP contribution in [0.2, 0.25) is 5.15 Å². The van der Waals surface area contributed by atoms with Gasteiger partial charge in [-0.15, -0.1) is 0 Å². The standard InChI is InChI=1S/C15H18ClN5/c1-15(2,3)17-8-10-9-18-20-12(10)13-14(16)19-11-6-4-5-7-21(11)13/h4-7,9,17H,8H2,1-3H3,(H,18,20). The van der Waals surface area contributed by atoms with Crippen molar-refractivity contribution in [1.29, 1.82) is 0 Å². The molecule has 3 aromatic rings. The number of fused-ring (bicyclic) bond motifs is 1. The van der Waals surface area contributed by atoms with E-state index in [1.807, 2.05) is 35.0 Å². The second-order valence-corrected chi connectivity index (χ2v) is 6.41. The Kier molecular flexibility index (Phi) is 3.47. The fourth-order valence-electron chi connectivity index (χ4n) is 2.20. The number of H-pyrrole nitrogens is 1. The van der Waals surface area contributed by atoms with Gasteiger partial charge in [-0.1, -0.05) is 17.7 Å². The lowest BCUT2D eigenvalue weighted by molar-refractivity contribution is 0.424. The normalized spacial score (nSPS) is 12.2. The van der Waals surface area contributed by atoms with Crippen LogP contribution in [0.15, 0.2) is 30.6 Å². The number of aromatic nitrogens is 4. The maximum Gasteiger partial charge on any atom is 0.157 e. The van der Waals surface area contributed by atoms with E-state index in [1.54, 1.807) is 0 Å². The molecule has 5 nitrogen and oxygen atoms in total. The fraction of sp³-hybridized carbons (Fsp3) is 0.333. The molecule has 0 spiro atoms. The van der Waals surface area contributed by atoms with E-state index in [4.69, 9.17) is 11.6 Å². The van der Waals surface area contributed by atoms with Crippen molar-refractivity contribution in [2.45, 2.75) is 32.9 Å². The Morgan fingerprint density at radius 1 is 1.33 bits per heavy atom. The minimum atomic E-state index is 0.0395. The highest BCUT2D eigenvalue weighted by Crippen LogP contribution is 2.29. The number of nitrogens with one attached hydrogen (secondary N) is 2. The van der Waals surface area contributed by atoms with Gasteiger partial charge in [0, 0.05) is 23.8 Å². The van der Waals surface area contributed by atoms with Crippen molar-refractivity contribution < 1.29 is 0 Å². The van der Waals surface area contributed by atoms with E-state index < -0.39 is 0 Å². The smallest absolute Gasteiger partial charge is 0.157 e. The molecule has 0 aliphatic rings. The summed E-state index contributed by atoms with van der Waals surface area (Å²) in [6.45, 7) is 7.11. The Hall–Kier alpha value is -1.85. The van der Waals surface area contributed by atoms with E-state index in [0.29, 0.717) is 11.7 Å². The van der Waals surface area contributed by atoms with Crippen LogP contribution in [0.1, 0.15) is 26.3 Å². The van der Waals surface area contributed by atoms with Crippen molar-refractivity contribution in [2.24, 2.45) is 0 Å². The average Bonchev–Trinajstić information content (AvgIpc) is 2.97. The molecular formula is C15H18ClN5. The molecule has 0 bridgehead atoms. The quantitative estimate of drug-likeness (QED) is 0.781. The number of imidazole rings is 1. The lowest BCUT2D eigenvalue weighted by Crippen LogP contribution is -2.35. The van der Waals surface area contributed by atoms with Gasteiger partial charge in [0.2, 0.25) is 0 Å². The van der Waals surface area contributed by atoms with Crippen molar-refractivity contribution in [3.8, 4) is 11.4 Å². The lowest BCUT2D eigenvalue weighted by Gasteiger charge is -2.20. The molecule has 0 radical (unpaired) electrons. The molecule has 0 aromatic carbocycles. The predicted molar refractivity (Wildman–Crippen MR) is 84.4 cm³/mol. The average molecular weight is 304 g/mol. The lowest BCUT2D eigenvalue weighted by atomic mass is 10.1. The second-order valence-electron chi connectivity index (χ2n) is 6.05. The third kappa shape index (κ3) is 2.80. The van der Waals surface area contributed by atoms with Gasteiger partial charge >= 0.3 is 0 Å². The van der Waals surface area contributed by atoms with Crippen molar-refractivity contribution >= 4 is 17.2 Å². The Balaban J connectivity index is 2.04. The number of pyridine rings is 1. The Bertz CT molecular complexity index is 766. The molecule has 0 aliphatic heterocycles. The monoisotopic (exact) mass is 303 g/mol. The van der Waals surface area contributed by atoms with Gasteiger partial charge < -0.3 is 5.32 Å².